The molecule has 136 valence electrons. The Balaban J connectivity index is 1.69. The summed E-state index contributed by atoms with van der Waals surface area (Å²) in [6, 6.07) is 7.13. The highest BCUT2D eigenvalue weighted by molar-refractivity contribution is 7.20. The van der Waals surface area contributed by atoms with Crippen LogP contribution in [-0.2, 0) is 18.3 Å². The van der Waals surface area contributed by atoms with E-state index in [1.807, 2.05) is 31.4 Å². The third kappa shape index (κ3) is 4.02. The number of hydrogen-bond acceptors (Lipinski definition) is 5. The molecule has 7 nitrogen and oxygen atoms in total. The Morgan fingerprint density at radius 3 is 2.85 bits per heavy atom. The summed E-state index contributed by atoms with van der Waals surface area (Å²) in [6.07, 6.45) is 3.61. The third-order valence-corrected chi connectivity index (χ3v) is 4.87. The summed E-state index contributed by atoms with van der Waals surface area (Å²) in [5.74, 6) is -0.324. The minimum absolute atomic E-state index is 0.214. The van der Waals surface area contributed by atoms with Gasteiger partial charge in [-0.15, -0.1) is 11.3 Å². The summed E-state index contributed by atoms with van der Waals surface area (Å²) in [5, 5.41) is 7.87. The second-order valence-electron chi connectivity index (χ2n) is 5.89. The zero-order chi connectivity index (χ0) is 18.7. The van der Waals surface area contributed by atoms with E-state index in [0.29, 0.717) is 23.7 Å². The number of carbonyl (C=O) groups excluding carboxylic acids is 2. The van der Waals surface area contributed by atoms with Crippen molar-refractivity contribution in [3.63, 3.8) is 0 Å². The molecule has 3 rings (SSSR count). The first-order valence-corrected chi connectivity index (χ1v) is 8.98. The fourth-order valence-corrected chi connectivity index (χ4v) is 3.48. The normalized spacial score (nSPS) is 10.7. The van der Waals surface area contributed by atoms with E-state index in [0.717, 1.165) is 15.6 Å². The van der Waals surface area contributed by atoms with Crippen LogP contribution in [0.5, 0.6) is 0 Å². The number of thiophene rings is 1. The molecule has 0 bridgehead atoms. The van der Waals surface area contributed by atoms with E-state index >= 15 is 0 Å². The van der Waals surface area contributed by atoms with Crippen molar-refractivity contribution in [3.8, 4) is 0 Å². The van der Waals surface area contributed by atoms with Crippen LogP contribution in [0.15, 0.2) is 36.7 Å². The van der Waals surface area contributed by atoms with E-state index in [-0.39, 0.29) is 12.0 Å². The van der Waals surface area contributed by atoms with Crippen molar-refractivity contribution < 1.29 is 14.3 Å². The summed E-state index contributed by atoms with van der Waals surface area (Å²) in [5.41, 5.74) is 1.63. The molecule has 2 heterocycles. The molecule has 1 aromatic carbocycles. The van der Waals surface area contributed by atoms with Crippen LogP contribution in [0.1, 0.15) is 22.2 Å². The lowest BCUT2D eigenvalue weighted by molar-refractivity contribution is 0.0532. The van der Waals surface area contributed by atoms with Gasteiger partial charge in [-0.25, -0.2) is 9.59 Å². The number of nitrogens with zero attached hydrogens (tertiary/aromatic N) is 3. The standard InChI is InChI=1S/C18H20N4O3S/c1-4-25-17(23)16-8-13-7-14(5-6-15(13)26-16)20-18(24)21(2)10-12-9-19-22(3)11-12/h5-9,11H,4,10H2,1-3H3,(H,20,24). The van der Waals surface area contributed by atoms with Gasteiger partial charge in [-0.05, 0) is 36.6 Å². The topological polar surface area (TPSA) is 76.5 Å². The van der Waals surface area contributed by atoms with E-state index < -0.39 is 0 Å². The first kappa shape index (κ1) is 17.9. The third-order valence-electron chi connectivity index (χ3n) is 3.77. The van der Waals surface area contributed by atoms with Gasteiger partial charge in [0.05, 0.1) is 19.3 Å². The average Bonchev–Trinajstić information content (AvgIpc) is 3.20. The number of rotatable bonds is 5. The average molecular weight is 372 g/mol. The molecule has 1 N–H and O–H groups in total. The summed E-state index contributed by atoms with van der Waals surface area (Å²) < 4.78 is 7.70. The van der Waals surface area contributed by atoms with Crippen molar-refractivity contribution in [2.45, 2.75) is 13.5 Å². The highest BCUT2D eigenvalue weighted by Crippen LogP contribution is 2.28. The number of amides is 2. The number of hydrogen-bond donors (Lipinski definition) is 1. The zero-order valence-electron chi connectivity index (χ0n) is 14.9. The lowest BCUT2D eigenvalue weighted by Crippen LogP contribution is -2.30. The monoisotopic (exact) mass is 372 g/mol. The van der Waals surface area contributed by atoms with Gasteiger partial charge in [-0.2, -0.15) is 5.10 Å². The van der Waals surface area contributed by atoms with Crippen molar-refractivity contribution in [1.82, 2.24) is 14.7 Å². The van der Waals surface area contributed by atoms with Gasteiger partial charge < -0.3 is 15.0 Å². The Kier molecular flexibility index (Phi) is 5.22. The number of anilines is 1. The van der Waals surface area contributed by atoms with Gasteiger partial charge in [0.1, 0.15) is 4.88 Å². The van der Waals surface area contributed by atoms with Crippen molar-refractivity contribution in [1.29, 1.82) is 0 Å². The molecule has 3 aromatic rings. The maximum atomic E-state index is 12.4. The number of urea groups is 1. The molecule has 8 heteroatoms. The molecule has 0 aliphatic heterocycles. The van der Waals surface area contributed by atoms with Crippen LogP contribution in [0.4, 0.5) is 10.5 Å². The molecular weight excluding hydrogens is 352 g/mol. The highest BCUT2D eigenvalue weighted by atomic mass is 32.1. The summed E-state index contributed by atoms with van der Waals surface area (Å²) in [7, 11) is 3.56. The molecule has 0 spiro atoms. The van der Waals surface area contributed by atoms with E-state index in [1.54, 1.807) is 35.8 Å². The van der Waals surface area contributed by atoms with E-state index in [9.17, 15) is 9.59 Å². The van der Waals surface area contributed by atoms with Gasteiger partial charge in [-0.1, -0.05) is 0 Å². The van der Waals surface area contributed by atoms with E-state index in [2.05, 4.69) is 10.4 Å². The minimum Gasteiger partial charge on any atom is -0.462 e. The lowest BCUT2D eigenvalue weighted by atomic mass is 10.2. The van der Waals surface area contributed by atoms with Gasteiger partial charge in [0, 0.05) is 36.2 Å². The maximum Gasteiger partial charge on any atom is 0.348 e. The summed E-state index contributed by atoms with van der Waals surface area (Å²) in [6.45, 7) is 2.59. The Morgan fingerprint density at radius 2 is 2.15 bits per heavy atom. The minimum atomic E-state index is -0.324. The van der Waals surface area contributed by atoms with Gasteiger partial charge in [0.2, 0.25) is 0 Å². The molecule has 2 aromatic heterocycles. The fourth-order valence-electron chi connectivity index (χ4n) is 2.54. The molecule has 0 aliphatic carbocycles. The van der Waals surface area contributed by atoms with Crippen molar-refractivity contribution >= 4 is 39.1 Å². The maximum absolute atomic E-state index is 12.4. The number of ether oxygens (including phenoxy) is 1. The van der Waals surface area contributed by atoms with Crippen LogP contribution < -0.4 is 5.32 Å². The van der Waals surface area contributed by atoms with Crippen LogP contribution in [0.2, 0.25) is 0 Å². The van der Waals surface area contributed by atoms with E-state index in [4.69, 9.17) is 4.74 Å². The number of carbonyl (C=O) groups is 2. The SMILES string of the molecule is CCOC(=O)c1cc2cc(NC(=O)N(C)Cc3cnn(C)c3)ccc2s1. The molecule has 0 unspecified atom stereocenters. The first-order valence-electron chi connectivity index (χ1n) is 8.16. The quantitative estimate of drug-likeness (QED) is 0.696. The second kappa shape index (κ2) is 7.57. The first-order chi connectivity index (χ1) is 12.5. The van der Waals surface area contributed by atoms with Crippen molar-refractivity contribution in [2.75, 3.05) is 19.0 Å². The van der Waals surface area contributed by atoms with Crippen LogP contribution >= 0.6 is 11.3 Å². The second-order valence-corrected chi connectivity index (χ2v) is 6.98. The molecule has 0 saturated heterocycles. The molecule has 26 heavy (non-hydrogen) atoms. The molecular formula is C18H20N4O3S. The van der Waals surface area contributed by atoms with Crippen LogP contribution in [0, 0.1) is 0 Å². The Morgan fingerprint density at radius 1 is 1.35 bits per heavy atom. The number of fused-ring (bicyclic) bond motifs is 1. The molecule has 0 fully saturated rings. The van der Waals surface area contributed by atoms with Gasteiger partial charge in [0.25, 0.3) is 0 Å². The van der Waals surface area contributed by atoms with Crippen molar-refractivity contribution in [3.05, 3.63) is 47.1 Å². The van der Waals surface area contributed by atoms with Gasteiger partial charge in [-0.3, -0.25) is 4.68 Å². The number of benzene rings is 1. The Labute approximate surface area is 155 Å². The molecule has 2 amide bonds. The largest absolute Gasteiger partial charge is 0.462 e. The van der Waals surface area contributed by atoms with E-state index in [1.165, 1.54) is 11.3 Å². The molecule has 0 radical (unpaired) electrons. The Bertz CT molecular complexity index is 947. The fraction of sp³-hybridized carbons (Fsp3) is 0.278. The van der Waals surface area contributed by atoms with Crippen LogP contribution in [-0.4, -0.2) is 40.3 Å². The summed E-state index contributed by atoms with van der Waals surface area (Å²) >= 11 is 1.38. The number of aromatic nitrogens is 2. The molecule has 0 saturated carbocycles. The predicted octanol–water partition coefficient (Wildman–Crippen LogP) is 3.48. The number of esters is 1. The van der Waals surface area contributed by atoms with Gasteiger partial charge in [0.15, 0.2) is 0 Å². The smallest absolute Gasteiger partial charge is 0.348 e. The van der Waals surface area contributed by atoms with Crippen molar-refractivity contribution in [2.24, 2.45) is 7.05 Å². The van der Waals surface area contributed by atoms with Crippen LogP contribution in [0.3, 0.4) is 0 Å². The zero-order valence-corrected chi connectivity index (χ0v) is 15.7. The predicted molar refractivity (Wildman–Crippen MR) is 101 cm³/mol. The number of aryl methyl sites for hydroxylation is 1. The highest BCUT2D eigenvalue weighted by Gasteiger charge is 2.13. The lowest BCUT2D eigenvalue weighted by Gasteiger charge is -2.17. The summed E-state index contributed by atoms with van der Waals surface area (Å²) in [4.78, 5) is 26.4. The Hall–Kier alpha value is -2.87. The number of nitrogens with one attached hydrogen (secondary N) is 1. The molecule has 0 aliphatic rings. The van der Waals surface area contributed by atoms with Crippen LogP contribution in [0.25, 0.3) is 10.1 Å². The molecule has 0 atom stereocenters. The van der Waals surface area contributed by atoms with Gasteiger partial charge >= 0.3 is 12.0 Å².